The van der Waals surface area contributed by atoms with Crippen molar-refractivity contribution in [3.63, 3.8) is 0 Å². The van der Waals surface area contributed by atoms with E-state index in [4.69, 9.17) is 0 Å². The standard InChI is InChI=1S/C24H27N3O3/c28-22-15-19(17-27(22)16-18-9-3-1-4-10-18)23(29)25-21-12-6-5-11-20(21)24(30)26-13-7-2-8-14-26/h1,3-6,9-12,19H,2,7-8,13-17H2,(H,25,29). The van der Waals surface area contributed by atoms with Crippen LogP contribution in [0, 0.1) is 5.92 Å². The molecule has 4 rings (SSSR count). The summed E-state index contributed by atoms with van der Waals surface area (Å²) in [4.78, 5) is 41.8. The molecule has 6 heteroatoms. The molecular formula is C24H27N3O3. The van der Waals surface area contributed by atoms with Gasteiger partial charge in [-0.3, -0.25) is 14.4 Å². The Balaban J connectivity index is 1.42. The minimum absolute atomic E-state index is 0.0170. The first-order valence-corrected chi connectivity index (χ1v) is 10.6. The van der Waals surface area contributed by atoms with E-state index in [1.165, 1.54) is 0 Å². The molecule has 0 spiro atoms. The number of likely N-dealkylation sites (tertiary alicyclic amines) is 2. The van der Waals surface area contributed by atoms with E-state index >= 15 is 0 Å². The van der Waals surface area contributed by atoms with Crippen molar-refractivity contribution >= 4 is 23.4 Å². The average molecular weight is 405 g/mol. The first kappa shape index (κ1) is 20.1. The molecule has 2 aliphatic rings. The zero-order chi connectivity index (χ0) is 20.9. The molecule has 30 heavy (non-hydrogen) atoms. The van der Waals surface area contributed by atoms with Gasteiger partial charge in [0.05, 0.1) is 17.2 Å². The van der Waals surface area contributed by atoms with Crippen LogP contribution < -0.4 is 5.32 Å². The maximum absolute atomic E-state index is 12.9. The van der Waals surface area contributed by atoms with Gasteiger partial charge in [0.2, 0.25) is 11.8 Å². The number of rotatable bonds is 5. The van der Waals surface area contributed by atoms with Crippen LogP contribution in [0.4, 0.5) is 5.69 Å². The molecule has 2 saturated heterocycles. The SMILES string of the molecule is O=C(Nc1ccccc1C(=O)N1CCCCC1)C1CC(=O)N(Cc2ccccc2)C1. The molecule has 0 saturated carbocycles. The van der Waals surface area contributed by atoms with Crippen molar-refractivity contribution in [3.8, 4) is 0 Å². The minimum Gasteiger partial charge on any atom is -0.339 e. The molecular weight excluding hydrogens is 378 g/mol. The predicted molar refractivity (Wildman–Crippen MR) is 115 cm³/mol. The Hall–Kier alpha value is -3.15. The summed E-state index contributed by atoms with van der Waals surface area (Å²) in [6, 6.07) is 16.9. The van der Waals surface area contributed by atoms with Crippen LogP contribution in [0.5, 0.6) is 0 Å². The van der Waals surface area contributed by atoms with E-state index in [1.54, 1.807) is 17.0 Å². The maximum Gasteiger partial charge on any atom is 0.255 e. The van der Waals surface area contributed by atoms with E-state index in [1.807, 2.05) is 47.4 Å². The third-order valence-electron chi connectivity index (χ3n) is 5.86. The summed E-state index contributed by atoms with van der Waals surface area (Å²) in [5.74, 6) is -0.687. The van der Waals surface area contributed by atoms with Gasteiger partial charge in [-0.25, -0.2) is 0 Å². The van der Waals surface area contributed by atoms with Gasteiger partial charge in [0.25, 0.3) is 5.91 Å². The highest BCUT2D eigenvalue weighted by molar-refractivity contribution is 6.05. The predicted octanol–water partition coefficient (Wildman–Crippen LogP) is 3.30. The molecule has 6 nitrogen and oxygen atoms in total. The Labute approximate surface area is 176 Å². The lowest BCUT2D eigenvalue weighted by Crippen LogP contribution is -2.36. The van der Waals surface area contributed by atoms with Gasteiger partial charge >= 0.3 is 0 Å². The van der Waals surface area contributed by atoms with E-state index in [9.17, 15) is 14.4 Å². The lowest BCUT2D eigenvalue weighted by Gasteiger charge is -2.27. The zero-order valence-electron chi connectivity index (χ0n) is 17.0. The molecule has 0 aliphatic carbocycles. The molecule has 2 aliphatic heterocycles. The monoisotopic (exact) mass is 405 g/mol. The Morgan fingerprint density at radius 2 is 1.63 bits per heavy atom. The summed E-state index contributed by atoms with van der Waals surface area (Å²) in [5, 5.41) is 2.91. The Kier molecular flexibility index (Phi) is 6.12. The molecule has 3 amide bonds. The van der Waals surface area contributed by atoms with Gasteiger partial charge in [0.1, 0.15) is 0 Å². The van der Waals surface area contributed by atoms with Crippen LogP contribution in [0.15, 0.2) is 54.6 Å². The number of nitrogens with zero attached hydrogens (tertiary/aromatic N) is 2. The highest BCUT2D eigenvalue weighted by atomic mass is 16.2. The normalized spacial score (nSPS) is 19.1. The number of hydrogen-bond acceptors (Lipinski definition) is 3. The van der Waals surface area contributed by atoms with Crippen LogP contribution in [-0.4, -0.2) is 47.2 Å². The molecule has 2 aromatic carbocycles. The summed E-state index contributed by atoms with van der Waals surface area (Å²) in [5.41, 5.74) is 2.08. The highest BCUT2D eigenvalue weighted by Crippen LogP contribution is 2.24. The number of para-hydroxylation sites is 1. The van der Waals surface area contributed by atoms with Crippen molar-refractivity contribution in [1.82, 2.24) is 9.80 Å². The lowest BCUT2D eigenvalue weighted by molar-refractivity contribution is -0.128. The fraction of sp³-hybridized carbons (Fsp3) is 0.375. The number of carbonyl (C=O) groups is 3. The topological polar surface area (TPSA) is 69.7 Å². The third-order valence-corrected chi connectivity index (χ3v) is 5.86. The van der Waals surface area contributed by atoms with Crippen molar-refractivity contribution < 1.29 is 14.4 Å². The van der Waals surface area contributed by atoms with E-state index < -0.39 is 5.92 Å². The zero-order valence-corrected chi connectivity index (χ0v) is 17.0. The van der Waals surface area contributed by atoms with Gasteiger partial charge in [0, 0.05) is 32.6 Å². The van der Waals surface area contributed by atoms with Crippen LogP contribution in [0.3, 0.4) is 0 Å². The summed E-state index contributed by atoms with van der Waals surface area (Å²) in [6.45, 7) is 2.41. The second-order valence-corrected chi connectivity index (χ2v) is 8.05. The number of nitrogens with one attached hydrogen (secondary N) is 1. The number of anilines is 1. The van der Waals surface area contributed by atoms with Gasteiger partial charge < -0.3 is 15.1 Å². The van der Waals surface area contributed by atoms with Crippen LogP contribution in [0.1, 0.15) is 41.6 Å². The molecule has 1 unspecified atom stereocenters. The van der Waals surface area contributed by atoms with Crippen LogP contribution in [0.2, 0.25) is 0 Å². The smallest absolute Gasteiger partial charge is 0.255 e. The maximum atomic E-state index is 12.9. The average Bonchev–Trinajstić information content (AvgIpc) is 3.15. The summed E-state index contributed by atoms with van der Waals surface area (Å²) < 4.78 is 0. The Morgan fingerprint density at radius 3 is 2.40 bits per heavy atom. The van der Waals surface area contributed by atoms with E-state index in [0.717, 1.165) is 37.9 Å². The van der Waals surface area contributed by atoms with E-state index in [2.05, 4.69) is 5.32 Å². The van der Waals surface area contributed by atoms with Crippen molar-refractivity contribution in [2.45, 2.75) is 32.2 Å². The van der Waals surface area contributed by atoms with Crippen molar-refractivity contribution in [1.29, 1.82) is 0 Å². The van der Waals surface area contributed by atoms with Crippen LogP contribution in [0.25, 0.3) is 0 Å². The van der Waals surface area contributed by atoms with E-state index in [-0.39, 0.29) is 24.1 Å². The number of hydrogen-bond donors (Lipinski definition) is 1. The molecule has 0 radical (unpaired) electrons. The first-order valence-electron chi connectivity index (χ1n) is 10.6. The number of amides is 3. The van der Waals surface area contributed by atoms with Crippen LogP contribution in [-0.2, 0) is 16.1 Å². The van der Waals surface area contributed by atoms with Crippen molar-refractivity contribution in [2.24, 2.45) is 5.92 Å². The molecule has 0 bridgehead atoms. The summed E-state index contributed by atoms with van der Waals surface area (Å²) in [6.07, 6.45) is 3.38. The molecule has 2 fully saturated rings. The van der Waals surface area contributed by atoms with Crippen molar-refractivity contribution in [2.75, 3.05) is 25.0 Å². The second-order valence-electron chi connectivity index (χ2n) is 8.05. The molecule has 2 aromatic rings. The fourth-order valence-electron chi connectivity index (χ4n) is 4.19. The van der Waals surface area contributed by atoms with Gasteiger partial charge in [-0.15, -0.1) is 0 Å². The van der Waals surface area contributed by atoms with Crippen LogP contribution >= 0.6 is 0 Å². The molecule has 156 valence electrons. The summed E-state index contributed by atoms with van der Waals surface area (Å²) in [7, 11) is 0. The van der Waals surface area contributed by atoms with Gasteiger partial charge in [-0.2, -0.15) is 0 Å². The van der Waals surface area contributed by atoms with Gasteiger partial charge in [-0.1, -0.05) is 42.5 Å². The minimum atomic E-state index is -0.417. The summed E-state index contributed by atoms with van der Waals surface area (Å²) >= 11 is 0. The quantitative estimate of drug-likeness (QED) is 0.830. The molecule has 0 aromatic heterocycles. The number of benzene rings is 2. The first-order chi connectivity index (χ1) is 14.6. The fourth-order valence-corrected chi connectivity index (χ4v) is 4.19. The van der Waals surface area contributed by atoms with E-state index in [0.29, 0.717) is 24.3 Å². The lowest BCUT2D eigenvalue weighted by atomic mass is 10.1. The molecule has 1 N–H and O–H groups in total. The van der Waals surface area contributed by atoms with Gasteiger partial charge in [0.15, 0.2) is 0 Å². The third kappa shape index (κ3) is 4.53. The Morgan fingerprint density at radius 1 is 0.933 bits per heavy atom. The number of piperidine rings is 1. The van der Waals surface area contributed by atoms with Crippen molar-refractivity contribution in [3.05, 3.63) is 65.7 Å². The number of carbonyl (C=O) groups excluding carboxylic acids is 3. The second kappa shape index (κ2) is 9.11. The highest BCUT2D eigenvalue weighted by Gasteiger charge is 2.34. The van der Waals surface area contributed by atoms with Gasteiger partial charge in [-0.05, 0) is 37.0 Å². The largest absolute Gasteiger partial charge is 0.339 e. The molecule has 2 heterocycles. The molecule has 1 atom stereocenters. The Bertz CT molecular complexity index is 922.